The smallest absolute Gasteiger partial charge is 0.238 e. The standard InChI is InChI=1S/C51H38N6Si/c1-35-26-28-40(29-27-35)58(38-18-7-3-8-19-38,39-20-9-4-10-21-39)41-22-13-15-36(33-41)50-53-34-54-51(55-50)57-46-25-14-32-52-48(46)43-30-31-45-47(49(43)57)42-23-11-12-24-44(42)56(45)37-16-5-2-6-17-37/h2-26,28-35H,27H2,1H3. The summed E-state index contributed by atoms with van der Waals surface area (Å²) in [6.45, 7) is 2.29. The van der Waals surface area contributed by atoms with Crippen molar-refractivity contribution in [3.63, 3.8) is 0 Å². The molecule has 7 heteroatoms. The maximum absolute atomic E-state index is 5.32. The lowest BCUT2D eigenvalue weighted by Crippen LogP contribution is -2.68. The Kier molecular flexibility index (Phi) is 8.08. The van der Waals surface area contributed by atoms with E-state index in [1.807, 2.05) is 12.3 Å². The van der Waals surface area contributed by atoms with Gasteiger partial charge >= 0.3 is 0 Å². The minimum absolute atomic E-state index is 0.504. The van der Waals surface area contributed by atoms with E-state index in [0.29, 0.717) is 17.7 Å². The first-order valence-electron chi connectivity index (χ1n) is 19.9. The third-order valence-electron chi connectivity index (χ3n) is 11.8. The Bertz CT molecular complexity index is 3180. The lowest BCUT2D eigenvalue weighted by atomic mass is 10.0. The number of hydrogen-bond donors (Lipinski definition) is 0. The molecule has 4 heterocycles. The van der Waals surface area contributed by atoms with Crippen LogP contribution in [0.25, 0.3) is 66.8 Å². The first-order valence-corrected chi connectivity index (χ1v) is 21.9. The highest BCUT2D eigenvalue weighted by molar-refractivity contribution is 7.16. The van der Waals surface area contributed by atoms with Crippen molar-refractivity contribution in [2.24, 2.45) is 5.92 Å². The third-order valence-corrected chi connectivity index (χ3v) is 16.6. The van der Waals surface area contributed by atoms with Crippen LogP contribution in [0.3, 0.4) is 0 Å². The molecule has 0 spiro atoms. The quantitative estimate of drug-likeness (QED) is 0.120. The van der Waals surface area contributed by atoms with Crippen molar-refractivity contribution in [2.75, 3.05) is 0 Å². The number of aromatic nitrogens is 6. The van der Waals surface area contributed by atoms with E-state index >= 15 is 0 Å². The summed E-state index contributed by atoms with van der Waals surface area (Å²) in [5.74, 6) is 1.67. The summed E-state index contributed by atoms with van der Waals surface area (Å²) >= 11 is 0. The van der Waals surface area contributed by atoms with Gasteiger partial charge in [0.15, 0.2) is 13.9 Å². The van der Waals surface area contributed by atoms with Crippen LogP contribution in [0.2, 0.25) is 0 Å². The summed E-state index contributed by atoms with van der Waals surface area (Å²) in [6, 6.07) is 58.8. The Morgan fingerprint density at radius 2 is 1.29 bits per heavy atom. The second-order valence-electron chi connectivity index (χ2n) is 15.2. The molecule has 1 unspecified atom stereocenters. The number of hydrogen-bond acceptors (Lipinski definition) is 4. The molecule has 0 amide bonds. The van der Waals surface area contributed by atoms with Crippen molar-refractivity contribution >= 4 is 67.4 Å². The Morgan fingerprint density at radius 3 is 2.05 bits per heavy atom. The molecule has 11 rings (SSSR count). The zero-order valence-corrected chi connectivity index (χ0v) is 32.9. The van der Waals surface area contributed by atoms with E-state index in [4.69, 9.17) is 19.9 Å². The van der Waals surface area contributed by atoms with Crippen molar-refractivity contribution in [3.8, 4) is 23.0 Å². The molecule has 1 aliphatic carbocycles. The second-order valence-corrected chi connectivity index (χ2v) is 19.0. The molecule has 10 aromatic rings. The third kappa shape index (κ3) is 5.24. The molecule has 0 fully saturated rings. The zero-order chi connectivity index (χ0) is 38.6. The van der Waals surface area contributed by atoms with Gasteiger partial charge in [-0.2, -0.15) is 4.98 Å². The van der Waals surface area contributed by atoms with E-state index in [0.717, 1.165) is 61.4 Å². The fourth-order valence-electron chi connectivity index (χ4n) is 9.24. The van der Waals surface area contributed by atoms with Crippen molar-refractivity contribution in [1.82, 2.24) is 29.1 Å². The van der Waals surface area contributed by atoms with E-state index in [2.05, 4.69) is 192 Å². The van der Waals surface area contributed by atoms with Crippen LogP contribution < -0.4 is 15.6 Å². The minimum atomic E-state index is -2.75. The molecule has 0 saturated heterocycles. The Labute approximate surface area is 337 Å². The number of pyridine rings is 1. The lowest BCUT2D eigenvalue weighted by molar-refractivity contribution is 0.734. The van der Waals surface area contributed by atoms with E-state index in [1.165, 1.54) is 20.8 Å². The summed E-state index contributed by atoms with van der Waals surface area (Å²) in [7, 11) is -2.75. The normalized spacial score (nSPS) is 14.4. The van der Waals surface area contributed by atoms with Crippen LogP contribution in [0.5, 0.6) is 0 Å². The van der Waals surface area contributed by atoms with Gasteiger partial charge in [0, 0.05) is 33.6 Å². The number of para-hydroxylation sites is 2. The van der Waals surface area contributed by atoms with Gasteiger partial charge in [0.05, 0.1) is 27.6 Å². The molecule has 1 atom stereocenters. The number of benzene rings is 6. The van der Waals surface area contributed by atoms with Gasteiger partial charge < -0.3 is 4.57 Å². The second kappa shape index (κ2) is 13.8. The molecule has 4 aromatic heterocycles. The van der Waals surface area contributed by atoms with Gasteiger partial charge in [-0.3, -0.25) is 9.55 Å². The Morgan fingerprint density at radius 1 is 0.586 bits per heavy atom. The highest BCUT2D eigenvalue weighted by atomic mass is 28.3. The predicted molar refractivity (Wildman–Crippen MR) is 240 cm³/mol. The summed E-state index contributed by atoms with van der Waals surface area (Å²) in [5.41, 5.74) is 7.17. The molecule has 0 N–H and O–H groups in total. The average molecular weight is 763 g/mol. The SMILES string of the molecule is CC1C=CC([Si](c2ccccc2)(c2ccccc2)c2cccc(-c3ncnc(-n4c5cccnc5c5ccc6c(c7ccccc7n6-c6ccccc6)c54)n3)c2)=CC1. The van der Waals surface area contributed by atoms with Crippen molar-refractivity contribution in [2.45, 2.75) is 13.3 Å². The van der Waals surface area contributed by atoms with Crippen molar-refractivity contribution in [3.05, 3.63) is 200 Å². The fraction of sp³-hybridized carbons (Fsp3) is 0.0588. The number of allylic oxidation sites excluding steroid dienone is 4. The van der Waals surface area contributed by atoms with Gasteiger partial charge in [-0.15, -0.1) is 0 Å². The fourth-order valence-corrected chi connectivity index (χ4v) is 14.1. The Balaban J connectivity index is 1.15. The molecular formula is C51H38N6Si. The van der Waals surface area contributed by atoms with E-state index < -0.39 is 8.07 Å². The molecule has 1 aliphatic rings. The van der Waals surface area contributed by atoms with Gasteiger partial charge in [-0.25, -0.2) is 9.97 Å². The zero-order valence-electron chi connectivity index (χ0n) is 31.9. The van der Waals surface area contributed by atoms with Crippen LogP contribution in [0, 0.1) is 5.92 Å². The monoisotopic (exact) mass is 762 g/mol. The molecule has 58 heavy (non-hydrogen) atoms. The average Bonchev–Trinajstić information content (AvgIpc) is 3.82. The summed E-state index contributed by atoms with van der Waals surface area (Å²) in [6.07, 6.45) is 11.8. The molecule has 0 aliphatic heterocycles. The number of nitrogens with zero attached hydrogens (tertiary/aromatic N) is 6. The first-order chi connectivity index (χ1) is 28.7. The van der Waals surface area contributed by atoms with Crippen LogP contribution in [0.15, 0.2) is 200 Å². The van der Waals surface area contributed by atoms with Gasteiger partial charge in [0.25, 0.3) is 0 Å². The first kappa shape index (κ1) is 34.1. The maximum Gasteiger partial charge on any atom is 0.238 e. The number of fused-ring (bicyclic) bond motifs is 7. The molecule has 0 radical (unpaired) electrons. The van der Waals surface area contributed by atoms with E-state index in [1.54, 1.807) is 6.33 Å². The highest BCUT2D eigenvalue weighted by Crippen LogP contribution is 2.41. The maximum atomic E-state index is 5.32. The summed E-state index contributed by atoms with van der Waals surface area (Å²) in [4.78, 5) is 20.0. The molecule has 6 nitrogen and oxygen atoms in total. The highest BCUT2D eigenvalue weighted by Gasteiger charge is 2.42. The molecule has 276 valence electrons. The summed E-state index contributed by atoms with van der Waals surface area (Å²) < 4.78 is 4.53. The van der Waals surface area contributed by atoms with Crippen LogP contribution >= 0.6 is 0 Å². The molecule has 6 aromatic carbocycles. The Hall–Kier alpha value is -7.22. The summed E-state index contributed by atoms with van der Waals surface area (Å²) in [5, 5.41) is 8.70. The van der Waals surface area contributed by atoms with E-state index in [9.17, 15) is 0 Å². The topological polar surface area (TPSA) is 61.4 Å². The van der Waals surface area contributed by atoms with Gasteiger partial charge in [0.2, 0.25) is 5.95 Å². The van der Waals surface area contributed by atoms with Gasteiger partial charge in [-0.1, -0.05) is 146 Å². The van der Waals surface area contributed by atoms with Crippen molar-refractivity contribution < 1.29 is 0 Å². The molecule has 0 saturated carbocycles. The largest absolute Gasteiger partial charge is 0.309 e. The van der Waals surface area contributed by atoms with Crippen molar-refractivity contribution in [1.29, 1.82) is 0 Å². The minimum Gasteiger partial charge on any atom is -0.309 e. The molecular weight excluding hydrogens is 725 g/mol. The van der Waals surface area contributed by atoms with E-state index in [-0.39, 0.29) is 0 Å². The number of rotatable bonds is 7. The van der Waals surface area contributed by atoms with Crippen LogP contribution in [0.1, 0.15) is 13.3 Å². The predicted octanol–water partition coefficient (Wildman–Crippen LogP) is 9.66. The van der Waals surface area contributed by atoms with Crippen LogP contribution in [-0.2, 0) is 0 Å². The van der Waals surface area contributed by atoms with Crippen LogP contribution in [-0.4, -0.2) is 37.1 Å². The van der Waals surface area contributed by atoms with Crippen LogP contribution in [0.4, 0.5) is 0 Å². The lowest BCUT2D eigenvalue weighted by Gasteiger charge is -2.36. The van der Waals surface area contributed by atoms with Gasteiger partial charge in [-0.05, 0) is 75.6 Å². The molecule has 0 bridgehead atoms. The van der Waals surface area contributed by atoms with Gasteiger partial charge in [0.1, 0.15) is 6.33 Å².